The lowest BCUT2D eigenvalue weighted by Gasteiger charge is -2.34. The molecule has 6 nitrogen and oxygen atoms in total. The Labute approximate surface area is 417 Å². The second-order valence-corrected chi connectivity index (χ2v) is 20.9. The van der Waals surface area contributed by atoms with Crippen LogP contribution in [0.15, 0.2) is 194 Å². The van der Waals surface area contributed by atoms with Gasteiger partial charge in [0.05, 0.1) is 27.8 Å². The summed E-state index contributed by atoms with van der Waals surface area (Å²) in [5.74, 6) is -0.631. The van der Waals surface area contributed by atoms with Crippen molar-refractivity contribution in [2.24, 2.45) is 0 Å². The van der Waals surface area contributed by atoms with Crippen molar-refractivity contribution in [1.82, 2.24) is 0 Å². The van der Waals surface area contributed by atoms with Crippen LogP contribution in [-0.4, -0.2) is 36.6 Å². The van der Waals surface area contributed by atoms with Crippen LogP contribution >= 0.6 is 0 Å². The van der Waals surface area contributed by atoms with Crippen LogP contribution in [-0.2, 0) is 24.0 Å². The van der Waals surface area contributed by atoms with Gasteiger partial charge in [0.15, 0.2) is 0 Å². The molecular formula is C61H56B2F2N2O4. The van der Waals surface area contributed by atoms with Gasteiger partial charge in [-0.2, -0.15) is 0 Å². The number of hydrogen-bond donors (Lipinski definition) is 0. The highest BCUT2D eigenvalue weighted by molar-refractivity contribution is 6.62. The summed E-state index contributed by atoms with van der Waals surface area (Å²) in [6.45, 7) is 16.4. The third-order valence-electron chi connectivity index (χ3n) is 15.6. The molecule has 0 amide bonds. The molecule has 0 bridgehead atoms. The highest BCUT2D eigenvalue weighted by Crippen LogP contribution is 2.58. The van der Waals surface area contributed by atoms with Gasteiger partial charge in [0.2, 0.25) is 0 Å². The van der Waals surface area contributed by atoms with Crippen LogP contribution in [0, 0.1) is 11.6 Å². The quantitative estimate of drug-likeness (QED) is 0.127. The Bertz CT molecular complexity index is 2990. The van der Waals surface area contributed by atoms with Crippen LogP contribution in [0.5, 0.6) is 0 Å². The lowest BCUT2D eigenvalue weighted by atomic mass is 9.67. The van der Waals surface area contributed by atoms with Crippen molar-refractivity contribution in [3.05, 3.63) is 228 Å². The number of benzene rings is 8. The van der Waals surface area contributed by atoms with E-state index in [0.29, 0.717) is 0 Å². The average Bonchev–Trinajstić information content (AvgIpc) is 3.88. The molecule has 2 fully saturated rings. The average molecular weight is 941 g/mol. The molecule has 11 rings (SSSR count). The fourth-order valence-electron chi connectivity index (χ4n) is 10.3. The first kappa shape index (κ1) is 46.6. The number of rotatable bonds is 10. The van der Waals surface area contributed by atoms with Gasteiger partial charge in [-0.25, -0.2) is 8.78 Å². The number of halogens is 2. The second-order valence-electron chi connectivity index (χ2n) is 20.9. The predicted octanol–water partition coefficient (Wildman–Crippen LogP) is 13.9. The Morgan fingerprint density at radius 3 is 0.930 bits per heavy atom. The Kier molecular flexibility index (Phi) is 11.3. The summed E-state index contributed by atoms with van der Waals surface area (Å²) in [5.41, 5.74) is 10.9. The summed E-state index contributed by atoms with van der Waals surface area (Å²) < 4.78 is 55.1. The van der Waals surface area contributed by atoms with Crippen molar-refractivity contribution in [1.29, 1.82) is 0 Å². The van der Waals surface area contributed by atoms with Gasteiger partial charge in [0.25, 0.3) is 0 Å². The van der Waals surface area contributed by atoms with E-state index < -0.39 is 42.1 Å². The van der Waals surface area contributed by atoms with Crippen molar-refractivity contribution in [3.63, 3.8) is 0 Å². The Balaban J connectivity index is 1.09. The molecule has 8 aromatic carbocycles. The van der Waals surface area contributed by atoms with Crippen LogP contribution in [0.1, 0.15) is 77.6 Å². The van der Waals surface area contributed by atoms with Crippen molar-refractivity contribution < 1.29 is 27.4 Å². The van der Waals surface area contributed by atoms with E-state index in [-0.39, 0.29) is 11.6 Å². The maximum absolute atomic E-state index is 14.7. The molecule has 0 N–H and O–H groups in total. The van der Waals surface area contributed by atoms with Gasteiger partial charge in [-0.3, -0.25) is 0 Å². The van der Waals surface area contributed by atoms with E-state index >= 15 is 0 Å². The van der Waals surface area contributed by atoms with Gasteiger partial charge in [0, 0.05) is 34.1 Å². The molecule has 0 spiro atoms. The Morgan fingerprint density at radius 1 is 0.338 bits per heavy atom. The van der Waals surface area contributed by atoms with Crippen molar-refractivity contribution in [3.8, 4) is 11.1 Å². The zero-order valence-electron chi connectivity index (χ0n) is 41.4. The van der Waals surface area contributed by atoms with Gasteiger partial charge < -0.3 is 28.4 Å². The summed E-state index contributed by atoms with van der Waals surface area (Å²) in [6.07, 6.45) is 0. The molecule has 0 aromatic heterocycles. The summed E-state index contributed by atoms with van der Waals surface area (Å²) >= 11 is 0. The topological polar surface area (TPSA) is 43.4 Å². The zero-order valence-corrected chi connectivity index (χ0v) is 41.4. The molecule has 8 aromatic rings. The largest absolute Gasteiger partial charge is 0.494 e. The molecule has 0 saturated carbocycles. The smallest absolute Gasteiger partial charge is 0.399 e. The van der Waals surface area contributed by atoms with Gasteiger partial charge in [-0.05, 0) is 197 Å². The SMILES string of the molecule is CC1(C)OB(c2ccc(N(c3ccc(F)cc3)c3ccc4c(c3)-c3cc(N(c5ccc(F)cc5)c5ccc(B6OC(C)(C)C(C)(C)O6)cc5)ccc3C4(c3ccccc3)c3ccccc3)cc2)OC1(C)C. The van der Waals surface area contributed by atoms with Crippen LogP contribution in [0.25, 0.3) is 11.1 Å². The minimum atomic E-state index is -0.694. The van der Waals surface area contributed by atoms with E-state index in [9.17, 15) is 8.78 Å². The molecule has 354 valence electrons. The lowest BCUT2D eigenvalue weighted by molar-refractivity contribution is 0.00578. The van der Waals surface area contributed by atoms with E-state index in [0.717, 1.165) is 78.4 Å². The second kappa shape index (κ2) is 17.2. The van der Waals surface area contributed by atoms with E-state index in [1.807, 2.05) is 48.5 Å². The van der Waals surface area contributed by atoms with Crippen LogP contribution in [0.2, 0.25) is 0 Å². The number of anilines is 6. The molecule has 2 aliphatic heterocycles. The third kappa shape index (κ3) is 7.89. The molecule has 2 saturated heterocycles. The highest BCUT2D eigenvalue weighted by Gasteiger charge is 2.53. The molecule has 3 aliphatic rings. The minimum Gasteiger partial charge on any atom is -0.399 e. The summed E-state index contributed by atoms with van der Waals surface area (Å²) in [6, 6.07) is 64.5. The first-order chi connectivity index (χ1) is 34.0. The molecule has 1 aliphatic carbocycles. The van der Waals surface area contributed by atoms with Crippen LogP contribution in [0.3, 0.4) is 0 Å². The van der Waals surface area contributed by atoms with E-state index in [1.165, 1.54) is 24.3 Å². The molecule has 0 atom stereocenters. The molecule has 2 heterocycles. The third-order valence-corrected chi connectivity index (χ3v) is 15.6. The maximum Gasteiger partial charge on any atom is 0.494 e. The van der Waals surface area contributed by atoms with Gasteiger partial charge in [-0.1, -0.05) is 97.1 Å². The summed E-state index contributed by atoms with van der Waals surface area (Å²) in [7, 11) is -1.05. The van der Waals surface area contributed by atoms with Crippen molar-refractivity contribution >= 4 is 59.3 Å². The summed E-state index contributed by atoms with van der Waals surface area (Å²) in [5, 5.41) is 0. The molecular weight excluding hydrogens is 884 g/mol. The predicted molar refractivity (Wildman–Crippen MR) is 284 cm³/mol. The lowest BCUT2D eigenvalue weighted by Crippen LogP contribution is -2.41. The van der Waals surface area contributed by atoms with Gasteiger partial charge in [-0.15, -0.1) is 0 Å². The molecule has 0 radical (unpaired) electrons. The van der Waals surface area contributed by atoms with Crippen LogP contribution in [0.4, 0.5) is 42.9 Å². The number of fused-ring (bicyclic) bond motifs is 3. The fourth-order valence-corrected chi connectivity index (χ4v) is 10.3. The minimum absolute atomic E-state index is 0.316. The van der Waals surface area contributed by atoms with E-state index in [1.54, 1.807) is 0 Å². The number of hydrogen-bond acceptors (Lipinski definition) is 6. The van der Waals surface area contributed by atoms with E-state index in [2.05, 4.69) is 187 Å². The Hall–Kier alpha value is -6.81. The molecule has 10 heteroatoms. The van der Waals surface area contributed by atoms with Crippen LogP contribution < -0.4 is 20.7 Å². The molecule has 0 unspecified atom stereocenters. The van der Waals surface area contributed by atoms with E-state index in [4.69, 9.17) is 18.6 Å². The highest BCUT2D eigenvalue weighted by atomic mass is 19.1. The Morgan fingerprint density at radius 2 is 0.620 bits per heavy atom. The zero-order chi connectivity index (χ0) is 49.5. The summed E-state index contributed by atoms with van der Waals surface area (Å²) in [4.78, 5) is 4.32. The first-order valence-electron chi connectivity index (χ1n) is 24.4. The number of nitrogens with zero attached hydrogens (tertiary/aromatic N) is 2. The maximum atomic E-state index is 14.7. The van der Waals surface area contributed by atoms with Gasteiger partial charge in [0.1, 0.15) is 11.6 Å². The standard InChI is InChI=1S/C61H56B2F2N2O4/c1-57(2)58(3,4)69-62(68-57)43-19-27-47(28-20-43)66(49-31-23-45(64)24-32-49)51-35-37-55-53(39-51)54-40-52(36-38-56(54)61(55,41-15-11-9-12-16-41)42-17-13-10-14-18-42)67(50-33-25-46(65)26-34-50)48-29-21-44(22-30-48)63-70-59(5,6)60(7,8)71-63/h9-40H,1-8H3. The molecule has 71 heavy (non-hydrogen) atoms. The van der Waals surface area contributed by atoms with Crippen molar-refractivity contribution in [2.75, 3.05) is 9.80 Å². The normalized spacial score (nSPS) is 17.7. The van der Waals surface area contributed by atoms with Gasteiger partial charge >= 0.3 is 14.2 Å². The fraction of sp³-hybridized carbons (Fsp3) is 0.213. The monoisotopic (exact) mass is 940 g/mol. The first-order valence-corrected chi connectivity index (χ1v) is 24.4. The van der Waals surface area contributed by atoms with Crippen molar-refractivity contribution in [2.45, 2.75) is 83.2 Å².